The quantitative estimate of drug-likeness (QED) is 0.408. The summed E-state index contributed by atoms with van der Waals surface area (Å²) in [6.45, 7) is 0.283. The molecule has 0 N–H and O–H groups in total. The average molecular weight is 462 g/mol. The second-order valence-corrected chi connectivity index (χ2v) is 8.21. The van der Waals surface area contributed by atoms with E-state index in [-0.39, 0.29) is 23.6 Å². The molecule has 0 radical (unpaired) electrons. The van der Waals surface area contributed by atoms with Crippen molar-refractivity contribution in [1.82, 2.24) is 4.90 Å². The van der Waals surface area contributed by atoms with Crippen molar-refractivity contribution in [2.75, 3.05) is 14.2 Å². The first-order chi connectivity index (χ1) is 16.0. The number of methoxy groups -OCH3 is 2. The van der Waals surface area contributed by atoms with Gasteiger partial charge < -0.3 is 18.8 Å². The van der Waals surface area contributed by atoms with Gasteiger partial charge in [0.15, 0.2) is 5.43 Å². The van der Waals surface area contributed by atoms with Crippen LogP contribution in [0.5, 0.6) is 11.5 Å². The highest BCUT2D eigenvalue weighted by Gasteiger charge is 2.42. The molecule has 0 spiro atoms. The highest BCUT2D eigenvalue weighted by atomic mass is 35.5. The largest absolute Gasteiger partial charge is 0.497 e. The third-order valence-electron chi connectivity index (χ3n) is 5.85. The molecule has 0 bridgehead atoms. The summed E-state index contributed by atoms with van der Waals surface area (Å²) in [5.41, 5.74) is 2.00. The maximum absolute atomic E-state index is 13.6. The molecule has 0 aliphatic carbocycles. The molecule has 4 aromatic rings. The highest BCUT2D eigenvalue weighted by Crippen LogP contribution is 2.40. The smallest absolute Gasteiger partial charge is 0.291 e. The summed E-state index contributed by atoms with van der Waals surface area (Å²) in [7, 11) is 3.18. The fraction of sp³-hybridized carbons (Fsp3) is 0.154. The van der Waals surface area contributed by atoms with E-state index in [4.69, 9.17) is 25.5 Å². The molecule has 0 fully saturated rings. The molecule has 166 valence electrons. The lowest BCUT2D eigenvalue weighted by Gasteiger charge is -2.25. The van der Waals surface area contributed by atoms with Gasteiger partial charge in [0.05, 0.1) is 31.2 Å². The number of carbonyl (C=O) groups excluding carboxylic acids is 1. The minimum atomic E-state index is -0.635. The SMILES string of the molecule is COc1ccc(CN2C(=O)c3oc4ccc(Cl)cc4c(=O)c3C2c2cccc(OC)c2)cc1. The Kier molecular flexibility index (Phi) is 5.30. The lowest BCUT2D eigenvalue weighted by Crippen LogP contribution is -2.29. The van der Waals surface area contributed by atoms with Crippen LogP contribution < -0.4 is 14.9 Å². The molecule has 1 atom stereocenters. The minimum absolute atomic E-state index is 0.0520. The molecule has 7 heteroatoms. The predicted octanol–water partition coefficient (Wildman–Crippen LogP) is 5.21. The van der Waals surface area contributed by atoms with Gasteiger partial charge in [-0.25, -0.2) is 0 Å². The molecule has 1 amide bonds. The third kappa shape index (κ3) is 3.62. The molecule has 5 rings (SSSR count). The first kappa shape index (κ1) is 21.1. The van der Waals surface area contributed by atoms with Gasteiger partial charge in [-0.3, -0.25) is 9.59 Å². The van der Waals surface area contributed by atoms with E-state index in [1.54, 1.807) is 37.3 Å². The van der Waals surface area contributed by atoms with Gasteiger partial charge in [-0.15, -0.1) is 0 Å². The minimum Gasteiger partial charge on any atom is -0.497 e. The van der Waals surface area contributed by atoms with Gasteiger partial charge in [-0.1, -0.05) is 35.9 Å². The van der Waals surface area contributed by atoms with E-state index in [9.17, 15) is 9.59 Å². The van der Waals surface area contributed by atoms with Crippen LogP contribution >= 0.6 is 11.6 Å². The summed E-state index contributed by atoms with van der Waals surface area (Å²) >= 11 is 6.14. The van der Waals surface area contributed by atoms with Gasteiger partial charge in [0.25, 0.3) is 5.91 Å². The second-order valence-electron chi connectivity index (χ2n) is 7.77. The molecule has 1 aromatic heterocycles. The van der Waals surface area contributed by atoms with Crippen LogP contribution in [0.3, 0.4) is 0 Å². The number of hydrogen-bond donors (Lipinski definition) is 0. The standard InChI is InChI=1S/C26H20ClNO5/c1-31-18-9-6-15(7-10-18)14-28-23(16-4-3-5-19(12-16)32-2)22-24(29)20-13-17(27)8-11-21(20)33-25(22)26(28)30/h3-13,23H,14H2,1-2H3. The third-order valence-corrected chi connectivity index (χ3v) is 6.08. The van der Waals surface area contributed by atoms with Gasteiger partial charge in [0.2, 0.25) is 5.76 Å². The Morgan fingerprint density at radius 1 is 0.939 bits per heavy atom. The van der Waals surface area contributed by atoms with Crippen LogP contribution in [-0.4, -0.2) is 25.0 Å². The summed E-state index contributed by atoms with van der Waals surface area (Å²) in [4.78, 5) is 28.8. The maximum Gasteiger partial charge on any atom is 0.291 e. The number of fused-ring (bicyclic) bond motifs is 2. The van der Waals surface area contributed by atoms with Crippen molar-refractivity contribution in [2.24, 2.45) is 0 Å². The zero-order valence-electron chi connectivity index (χ0n) is 18.0. The van der Waals surface area contributed by atoms with Gasteiger partial charge >= 0.3 is 0 Å². The summed E-state index contributed by atoms with van der Waals surface area (Å²) in [6.07, 6.45) is 0. The van der Waals surface area contributed by atoms with Crippen LogP contribution in [0.4, 0.5) is 0 Å². The fourth-order valence-corrected chi connectivity index (χ4v) is 4.41. The Labute approximate surface area is 194 Å². The van der Waals surface area contributed by atoms with Crippen molar-refractivity contribution >= 4 is 28.5 Å². The fourth-order valence-electron chi connectivity index (χ4n) is 4.24. The number of ether oxygens (including phenoxy) is 2. The van der Waals surface area contributed by atoms with E-state index in [0.717, 1.165) is 16.9 Å². The van der Waals surface area contributed by atoms with Crippen molar-refractivity contribution in [3.05, 3.63) is 104 Å². The van der Waals surface area contributed by atoms with Crippen LogP contribution in [0, 0.1) is 0 Å². The zero-order valence-corrected chi connectivity index (χ0v) is 18.8. The van der Waals surface area contributed by atoms with Crippen molar-refractivity contribution in [3.8, 4) is 11.5 Å². The second kappa shape index (κ2) is 8.30. The van der Waals surface area contributed by atoms with Crippen molar-refractivity contribution in [2.45, 2.75) is 12.6 Å². The Morgan fingerprint density at radius 2 is 1.70 bits per heavy atom. The summed E-state index contributed by atoms with van der Waals surface area (Å²) in [5, 5.41) is 0.764. The maximum atomic E-state index is 13.6. The van der Waals surface area contributed by atoms with E-state index in [1.165, 1.54) is 0 Å². The number of rotatable bonds is 5. The van der Waals surface area contributed by atoms with Crippen molar-refractivity contribution in [3.63, 3.8) is 0 Å². The van der Waals surface area contributed by atoms with Crippen molar-refractivity contribution in [1.29, 1.82) is 0 Å². The van der Waals surface area contributed by atoms with Gasteiger partial charge in [-0.05, 0) is 53.6 Å². The number of hydrogen-bond acceptors (Lipinski definition) is 5. The highest BCUT2D eigenvalue weighted by molar-refractivity contribution is 6.31. The lowest BCUT2D eigenvalue weighted by atomic mass is 9.98. The molecule has 3 aromatic carbocycles. The summed E-state index contributed by atoms with van der Waals surface area (Å²) < 4.78 is 16.6. The zero-order chi connectivity index (χ0) is 23.1. The number of carbonyl (C=O) groups is 1. The summed E-state index contributed by atoms with van der Waals surface area (Å²) in [6, 6.07) is 19.0. The Hall–Kier alpha value is -3.77. The Morgan fingerprint density at radius 3 is 2.42 bits per heavy atom. The molecule has 0 saturated heterocycles. The molecule has 6 nitrogen and oxygen atoms in total. The number of amides is 1. The first-order valence-corrected chi connectivity index (χ1v) is 10.7. The molecule has 1 aliphatic heterocycles. The molecular formula is C26H20ClNO5. The number of nitrogens with zero attached hydrogens (tertiary/aromatic N) is 1. The monoisotopic (exact) mass is 461 g/mol. The van der Waals surface area contributed by atoms with Crippen LogP contribution in [0.1, 0.15) is 33.3 Å². The predicted molar refractivity (Wildman–Crippen MR) is 125 cm³/mol. The van der Waals surface area contributed by atoms with Crippen LogP contribution in [0.2, 0.25) is 5.02 Å². The summed E-state index contributed by atoms with van der Waals surface area (Å²) in [5.74, 6) is 1.06. The van der Waals surface area contributed by atoms with Gasteiger partial charge in [0, 0.05) is 11.6 Å². The average Bonchev–Trinajstić information content (AvgIpc) is 3.12. The van der Waals surface area contributed by atoms with Gasteiger partial charge in [-0.2, -0.15) is 0 Å². The van der Waals surface area contributed by atoms with E-state index in [0.29, 0.717) is 27.3 Å². The molecular weight excluding hydrogens is 442 g/mol. The molecule has 2 heterocycles. The number of halogens is 1. The molecule has 0 saturated carbocycles. The Balaban J connectivity index is 1.70. The van der Waals surface area contributed by atoms with Crippen molar-refractivity contribution < 1.29 is 18.7 Å². The van der Waals surface area contributed by atoms with E-state index in [1.807, 2.05) is 48.5 Å². The van der Waals surface area contributed by atoms with Crippen LogP contribution in [0.25, 0.3) is 11.0 Å². The normalized spacial score (nSPS) is 15.1. The first-order valence-electron chi connectivity index (χ1n) is 10.3. The topological polar surface area (TPSA) is 69.0 Å². The van der Waals surface area contributed by atoms with Crippen LogP contribution in [-0.2, 0) is 6.54 Å². The lowest BCUT2D eigenvalue weighted by molar-refractivity contribution is 0.0714. The Bertz CT molecular complexity index is 1430. The molecule has 1 unspecified atom stereocenters. The van der Waals surface area contributed by atoms with E-state index < -0.39 is 6.04 Å². The van der Waals surface area contributed by atoms with Crippen LogP contribution in [0.15, 0.2) is 75.9 Å². The van der Waals surface area contributed by atoms with E-state index >= 15 is 0 Å². The number of benzene rings is 3. The van der Waals surface area contributed by atoms with E-state index in [2.05, 4.69) is 0 Å². The molecule has 1 aliphatic rings. The molecule has 33 heavy (non-hydrogen) atoms. The van der Waals surface area contributed by atoms with Gasteiger partial charge in [0.1, 0.15) is 17.1 Å².